The second-order valence-electron chi connectivity index (χ2n) is 1.92. The number of amides is 1. The number of halogens is 1. The minimum atomic E-state index is -1.30. The van der Waals surface area contributed by atoms with Crippen LogP contribution in [0.5, 0.6) is 0 Å². The van der Waals surface area contributed by atoms with Crippen molar-refractivity contribution in [2.75, 3.05) is 5.32 Å². The molecule has 0 aliphatic heterocycles. The van der Waals surface area contributed by atoms with Crippen molar-refractivity contribution in [1.82, 2.24) is 0 Å². The molecule has 58 valence electrons. The van der Waals surface area contributed by atoms with Crippen LogP contribution in [-0.4, -0.2) is 6.09 Å². The second kappa shape index (κ2) is 3.39. The summed E-state index contributed by atoms with van der Waals surface area (Å²) in [4.78, 5) is 10.0. The van der Waals surface area contributed by atoms with Gasteiger partial charge in [0.25, 0.3) is 0 Å². The Morgan fingerprint density at radius 2 is 1.91 bits per heavy atom. The summed E-state index contributed by atoms with van der Waals surface area (Å²) in [6.45, 7) is 0. The molecule has 0 heterocycles. The van der Waals surface area contributed by atoms with Gasteiger partial charge in [0.05, 0.1) is 0 Å². The quantitative estimate of drug-likeness (QED) is 0.765. The third kappa shape index (κ3) is 2.59. The molecule has 1 rings (SSSR count). The molecule has 1 aromatic carbocycles. The molecule has 0 fully saturated rings. The Balaban J connectivity index is 2.74. The normalized spacial score (nSPS) is 9.18. The van der Waals surface area contributed by atoms with Crippen LogP contribution < -0.4 is 10.4 Å². The summed E-state index contributed by atoms with van der Waals surface area (Å²) < 4.78 is 0.904. The van der Waals surface area contributed by atoms with E-state index >= 15 is 0 Å². The third-order valence-electron chi connectivity index (χ3n) is 1.09. The summed E-state index contributed by atoms with van der Waals surface area (Å²) in [6.07, 6.45) is -1.30. The smallest absolute Gasteiger partial charge is 0.138 e. The Hall–Kier alpha value is -1.03. The molecule has 0 saturated carbocycles. The van der Waals surface area contributed by atoms with Gasteiger partial charge in [0.15, 0.2) is 0 Å². The van der Waals surface area contributed by atoms with Gasteiger partial charge in [-0.15, -0.1) is 0 Å². The molecule has 0 radical (unpaired) electrons. The van der Waals surface area contributed by atoms with Crippen LogP contribution >= 0.6 is 15.9 Å². The van der Waals surface area contributed by atoms with Crippen molar-refractivity contribution in [2.24, 2.45) is 0 Å². The molecule has 0 unspecified atom stereocenters. The number of carboxylic acid groups (broad SMARTS) is 1. The van der Waals surface area contributed by atoms with Gasteiger partial charge in [0.2, 0.25) is 0 Å². The highest BCUT2D eigenvalue weighted by Gasteiger charge is 1.89. The number of carbonyl (C=O) groups excluding carboxylic acids is 1. The van der Waals surface area contributed by atoms with Gasteiger partial charge in [-0.25, -0.2) is 0 Å². The fourth-order valence-corrected chi connectivity index (χ4v) is 0.915. The largest absolute Gasteiger partial charge is 0.530 e. The lowest BCUT2D eigenvalue weighted by Crippen LogP contribution is -2.28. The van der Waals surface area contributed by atoms with E-state index in [0.29, 0.717) is 5.69 Å². The van der Waals surface area contributed by atoms with Gasteiger partial charge >= 0.3 is 0 Å². The molecule has 1 amide bonds. The molecular weight excluding hydrogens is 210 g/mol. The van der Waals surface area contributed by atoms with Crippen LogP contribution in [0, 0.1) is 0 Å². The summed E-state index contributed by atoms with van der Waals surface area (Å²) >= 11 is 3.22. The zero-order chi connectivity index (χ0) is 8.27. The van der Waals surface area contributed by atoms with Crippen molar-refractivity contribution in [3.8, 4) is 0 Å². The lowest BCUT2D eigenvalue weighted by Gasteiger charge is -2.05. The van der Waals surface area contributed by atoms with Crippen LogP contribution in [-0.2, 0) is 0 Å². The maximum atomic E-state index is 10.0. The molecule has 1 aromatic rings. The first kappa shape index (κ1) is 8.07. The van der Waals surface area contributed by atoms with Gasteiger partial charge in [0, 0.05) is 10.2 Å². The number of hydrogen-bond acceptors (Lipinski definition) is 2. The zero-order valence-corrected chi connectivity index (χ0v) is 7.09. The van der Waals surface area contributed by atoms with Crippen molar-refractivity contribution in [1.29, 1.82) is 0 Å². The molecule has 0 aliphatic carbocycles. The Bertz CT molecular complexity index is 258. The lowest BCUT2D eigenvalue weighted by molar-refractivity contribution is -0.242. The first-order valence-corrected chi connectivity index (χ1v) is 3.71. The van der Waals surface area contributed by atoms with Crippen molar-refractivity contribution >= 4 is 27.7 Å². The van der Waals surface area contributed by atoms with Crippen LogP contribution in [0.3, 0.4) is 0 Å². The van der Waals surface area contributed by atoms with E-state index in [2.05, 4.69) is 21.2 Å². The van der Waals surface area contributed by atoms with Gasteiger partial charge in [-0.1, -0.05) is 15.9 Å². The van der Waals surface area contributed by atoms with Gasteiger partial charge in [-0.05, 0) is 24.3 Å². The highest BCUT2D eigenvalue weighted by atomic mass is 79.9. The number of nitrogens with one attached hydrogen (secondary N) is 1. The van der Waals surface area contributed by atoms with Crippen LogP contribution in [0.1, 0.15) is 0 Å². The van der Waals surface area contributed by atoms with E-state index in [-0.39, 0.29) is 0 Å². The first-order valence-electron chi connectivity index (χ1n) is 2.92. The predicted molar refractivity (Wildman–Crippen MR) is 43.2 cm³/mol. The lowest BCUT2D eigenvalue weighted by atomic mass is 10.3. The molecular formula is C7H5BrNO2-. The third-order valence-corrected chi connectivity index (χ3v) is 1.62. The Morgan fingerprint density at radius 1 is 1.36 bits per heavy atom. The fraction of sp³-hybridized carbons (Fsp3) is 0. The monoisotopic (exact) mass is 214 g/mol. The van der Waals surface area contributed by atoms with Crippen LogP contribution in [0.4, 0.5) is 10.5 Å². The molecule has 4 heteroatoms. The summed E-state index contributed by atoms with van der Waals surface area (Å²) in [5.74, 6) is 0. The van der Waals surface area contributed by atoms with Crippen molar-refractivity contribution in [3.05, 3.63) is 28.7 Å². The highest BCUT2D eigenvalue weighted by molar-refractivity contribution is 9.10. The summed E-state index contributed by atoms with van der Waals surface area (Å²) in [7, 11) is 0. The van der Waals surface area contributed by atoms with E-state index < -0.39 is 6.09 Å². The molecule has 0 bridgehead atoms. The van der Waals surface area contributed by atoms with Crippen molar-refractivity contribution in [2.45, 2.75) is 0 Å². The Kier molecular flexibility index (Phi) is 2.48. The number of rotatable bonds is 1. The van der Waals surface area contributed by atoms with E-state index in [9.17, 15) is 9.90 Å². The molecule has 0 atom stereocenters. The van der Waals surface area contributed by atoms with Crippen LogP contribution in [0.2, 0.25) is 0 Å². The van der Waals surface area contributed by atoms with Gasteiger partial charge in [0.1, 0.15) is 6.09 Å². The first-order chi connectivity index (χ1) is 5.18. The maximum Gasteiger partial charge on any atom is 0.138 e. The maximum absolute atomic E-state index is 10.0. The SMILES string of the molecule is O=C([O-])Nc1ccc(Br)cc1. The molecule has 11 heavy (non-hydrogen) atoms. The molecule has 1 N–H and O–H groups in total. The Labute approximate surface area is 72.2 Å². The Morgan fingerprint density at radius 3 is 2.36 bits per heavy atom. The van der Waals surface area contributed by atoms with Crippen molar-refractivity contribution in [3.63, 3.8) is 0 Å². The summed E-state index contributed by atoms with van der Waals surface area (Å²) in [5, 5.41) is 12.1. The van der Waals surface area contributed by atoms with Crippen LogP contribution in [0.25, 0.3) is 0 Å². The standard InChI is InChI=1S/C7H6BrNO2/c8-5-1-3-6(4-2-5)9-7(10)11/h1-4,9H,(H,10,11)/p-1. The number of hydrogen-bond donors (Lipinski definition) is 1. The second-order valence-corrected chi connectivity index (χ2v) is 2.84. The summed E-state index contributed by atoms with van der Waals surface area (Å²) in [6, 6.07) is 6.76. The average molecular weight is 215 g/mol. The number of anilines is 1. The van der Waals surface area contributed by atoms with E-state index in [1.807, 2.05) is 0 Å². The van der Waals surface area contributed by atoms with E-state index in [4.69, 9.17) is 0 Å². The van der Waals surface area contributed by atoms with Gasteiger partial charge in [-0.2, -0.15) is 0 Å². The molecule has 3 nitrogen and oxygen atoms in total. The highest BCUT2D eigenvalue weighted by Crippen LogP contribution is 2.13. The molecule has 0 aliphatic rings. The molecule has 0 spiro atoms. The van der Waals surface area contributed by atoms with E-state index in [0.717, 1.165) is 4.47 Å². The topological polar surface area (TPSA) is 52.2 Å². The van der Waals surface area contributed by atoms with Crippen molar-refractivity contribution < 1.29 is 9.90 Å². The predicted octanol–water partition coefficient (Wildman–Crippen LogP) is 1.20. The molecule has 0 saturated heterocycles. The number of benzene rings is 1. The fourth-order valence-electron chi connectivity index (χ4n) is 0.651. The average Bonchev–Trinajstić information content (AvgIpc) is 1.93. The summed E-state index contributed by atoms with van der Waals surface area (Å²) in [5.41, 5.74) is 0.508. The number of carbonyl (C=O) groups is 1. The van der Waals surface area contributed by atoms with E-state index in [1.54, 1.807) is 24.3 Å². The minimum absolute atomic E-state index is 0.508. The van der Waals surface area contributed by atoms with Gasteiger partial charge in [-0.3, -0.25) is 0 Å². The minimum Gasteiger partial charge on any atom is -0.530 e. The van der Waals surface area contributed by atoms with Gasteiger partial charge < -0.3 is 15.2 Å². The zero-order valence-electron chi connectivity index (χ0n) is 5.50. The van der Waals surface area contributed by atoms with E-state index in [1.165, 1.54) is 0 Å². The van der Waals surface area contributed by atoms with Crippen LogP contribution in [0.15, 0.2) is 28.7 Å². The molecule has 0 aromatic heterocycles.